The lowest BCUT2D eigenvalue weighted by Gasteiger charge is -2.24. The Kier molecular flexibility index (Phi) is 4.78. The van der Waals surface area contributed by atoms with Crippen LogP contribution < -0.4 is 0 Å². The maximum atomic E-state index is 11.5. The minimum Gasteiger partial charge on any atom is -0.425 e. The lowest BCUT2D eigenvalue weighted by molar-refractivity contribution is -0.200. The summed E-state index contributed by atoms with van der Waals surface area (Å²) < 4.78 is 10.0. The molecule has 0 unspecified atom stereocenters. The number of carbonyl (C=O) groups excluding carboxylic acids is 2. The summed E-state index contributed by atoms with van der Waals surface area (Å²) in [5.74, 6) is -0.877. The normalized spacial score (nSPS) is 13.5. The van der Waals surface area contributed by atoms with Gasteiger partial charge in [-0.1, -0.05) is 13.8 Å². The second-order valence-corrected chi connectivity index (χ2v) is 4.88. The molecule has 0 fully saturated rings. The van der Waals surface area contributed by atoms with Crippen LogP contribution in [0.25, 0.3) is 0 Å². The molecular weight excluding hydrogens is 196 g/mol. The van der Waals surface area contributed by atoms with Crippen molar-refractivity contribution in [3.05, 3.63) is 0 Å². The average molecular weight is 216 g/mol. The highest BCUT2D eigenvalue weighted by molar-refractivity contribution is 5.75. The van der Waals surface area contributed by atoms with Crippen LogP contribution in [0, 0.1) is 11.3 Å². The first-order valence-corrected chi connectivity index (χ1v) is 5.03. The largest absolute Gasteiger partial charge is 0.425 e. The van der Waals surface area contributed by atoms with Gasteiger partial charge in [-0.25, -0.2) is 0 Å². The summed E-state index contributed by atoms with van der Waals surface area (Å²) in [5, 5.41) is 0. The first-order chi connectivity index (χ1) is 6.64. The first-order valence-electron chi connectivity index (χ1n) is 5.03. The second-order valence-electron chi connectivity index (χ2n) is 4.88. The van der Waals surface area contributed by atoms with Gasteiger partial charge in [0, 0.05) is 12.8 Å². The van der Waals surface area contributed by atoms with Crippen molar-refractivity contribution in [3.8, 4) is 0 Å². The molecule has 0 rings (SSSR count). The molecule has 0 aromatic heterocycles. The fourth-order valence-electron chi connectivity index (χ4n) is 0.742. The van der Waals surface area contributed by atoms with Crippen molar-refractivity contribution in [2.45, 2.75) is 47.8 Å². The van der Waals surface area contributed by atoms with E-state index in [0.717, 1.165) is 0 Å². The van der Waals surface area contributed by atoms with E-state index in [9.17, 15) is 9.59 Å². The van der Waals surface area contributed by atoms with Gasteiger partial charge < -0.3 is 9.47 Å². The van der Waals surface area contributed by atoms with Crippen molar-refractivity contribution in [1.29, 1.82) is 0 Å². The second kappa shape index (κ2) is 5.14. The van der Waals surface area contributed by atoms with E-state index in [2.05, 4.69) is 0 Å². The minimum absolute atomic E-state index is 0.0554. The van der Waals surface area contributed by atoms with Crippen LogP contribution in [-0.4, -0.2) is 18.2 Å². The smallest absolute Gasteiger partial charge is 0.314 e. The number of ether oxygens (including phenoxy) is 2. The van der Waals surface area contributed by atoms with Gasteiger partial charge in [-0.05, 0) is 20.8 Å². The van der Waals surface area contributed by atoms with Crippen molar-refractivity contribution in [3.63, 3.8) is 0 Å². The van der Waals surface area contributed by atoms with Gasteiger partial charge in [0.15, 0.2) is 0 Å². The number of hydrogen-bond donors (Lipinski definition) is 0. The van der Waals surface area contributed by atoms with Gasteiger partial charge in [0.05, 0.1) is 5.41 Å². The van der Waals surface area contributed by atoms with Gasteiger partial charge in [0.2, 0.25) is 6.29 Å². The first kappa shape index (κ1) is 13.9. The molecule has 0 radical (unpaired) electrons. The number of rotatable bonds is 3. The molecule has 0 aromatic carbocycles. The van der Waals surface area contributed by atoms with E-state index in [-0.39, 0.29) is 11.9 Å². The summed E-state index contributed by atoms with van der Waals surface area (Å²) in [5.41, 5.74) is -0.590. The van der Waals surface area contributed by atoms with E-state index in [1.54, 1.807) is 20.8 Å². The summed E-state index contributed by atoms with van der Waals surface area (Å²) >= 11 is 0. The molecule has 15 heavy (non-hydrogen) atoms. The predicted molar refractivity (Wildman–Crippen MR) is 55.9 cm³/mol. The maximum absolute atomic E-state index is 11.5. The van der Waals surface area contributed by atoms with Crippen LogP contribution in [-0.2, 0) is 19.1 Å². The third-order valence-electron chi connectivity index (χ3n) is 1.66. The van der Waals surface area contributed by atoms with Crippen molar-refractivity contribution in [1.82, 2.24) is 0 Å². The molecule has 0 amide bonds. The zero-order valence-electron chi connectivity index (χ0n) is 10.3. The number of hydrogen-bond acceptors (Lipinski definition) is 4. The fraction of sp³-hybridized carbons (Fsp3) is 0.818. The molecule has 0 N–H and O–H groups in total. The fourth-order valence-corrected chi connectivity index (χ4v) is 0.742. The van der Waals surface area contributed by atoms with Gasteiger partial charge in [-0.15, -0.1) is 0 Å². The van der Waals surface area contributed by atoms with E-state index >= 15 is 0 Å². The van der Waals surface area contributed by atoms with E-state index < -0.39 is 17.7 Å². The van der Waals surface area contributed by atoms with Crippen molar-refractivity contribution >= 4 is 11.9 Å². The molecular formula is C11H20O4. The minimum atomic E-state index is -0.797. The van der Waals surface area contributed by atoms with Crippen LogP contribution in [0.5, 0.6) is 0 Å². The Balaban J connectivity index is 4.42. The summed E-state index contributed by atoms with van der Waals surface area (Å²) in [6.07, 6.45) is -0.797. The van der Waals surface area contributed by atoms with Crippen molar-refractivity contribution in [2.24, 2.45) is 11.3 Å². The highest BCUT2D eigenvalue weighted by atomic mass is 16.7. The van der Waals surface area contributed by atoms with Crippen LogP contribution in [0.2, 0.25) is 0 Å². The lowest BCUT2D eigenvalue weighted by Crippen LogP contribution is -2.33. The standard InChI is InChI=1S/C11H20O4/c1-7(2)9(14-8(3)12)15-10(13)11(4,5)6/h7,9H,1-6H3/t9-/m0/s1. The zero-order valence-corrected chi connectivity index (χ0v) is 10.3. The molecule has 4 heteroatoms. The number of esters is 2. The van der Waals surface area contributed by atoms with Crippen molar-refractivity contribution < 1.29 is 19.1 Å². The summed E-state index contributed by atoms with van der Waals surface area (Å²) in [7, 11) is 0. The quantitative estimate of drug-likeness (QED) is 0.535. The molecule has 0 aliphatic rings. The third kappa shape index (κ3) is 5.40. The van der Waals surface area contributed by atoms with Gasteiger partial charge in [-0.2, -0.15) is 0 Å². The van der Waals surface area contributed by atoms with Crippen LogP contribution in [0.3, 0.4) is 0 Å². The van der Waals surface area contributed by atoms with E-state index in [1.165, 1.54) is 6.92 Å². The highest BCUT2D eigenvalue weighted by Gasteiger charge is 2.29. The number of carbonyl (C=O) groups is 2. The van der Waals surface area contributed by atoms with Gasteiger partial charge in [0.1, 0.15) is 0 Å². The Morgan fingerprint density at radius 1 is 1.07 bits per heavy atom. The molecule has 4 nitrogen and oxygen atoms in total. The summed E-state index contributed by atoms with van der Waals surface area (Å²) in [6.45, 7) is 10.2. The van der Waals surface area contributed by atoms with Gasteiger partial charge in [-0.3, -0.25) is 9.59 Å². The highest BCUT2D eigenvalue weighted by Crippen LogP contribution is 2.19. The molecule has 0 bridgehead atoms. The zero-order chi connectivity index (χ0) is 12.2. The maximum Gasteiger partial charge on any atom is 0.314 e. The molecule has 0 aliphatic heterocycles. The molecule has 0 aromatic rings. The third-order valence-corrected chi connectivity index (χ3v) is 1.66. The van der Waals surface area contributed by atoms with Crippen LogP contribution >= 0.6 is 0 Å². The van der Waals surface area contributed by atoms with Gasteiger partial charge in [0.25, 0.3) is 0 Å². The summed E-state index contributed by atoms with van der Waals surface area (Å²) in [6, 6.07) is 0. The van der Waals surface area contributed by atoms with E-state index in [0.29, 0.717) is 0 Å². The monoisotopic (exact) mass is 216 g/mol. The van der Waals surface area contributed by atoms with Gasteiger partial charge >= 0.3 is 11.9 Å². The van der Waals surface area contributed by atoms with Crippen LogP contribution in [0.15, 0.2) is 0 Å². The van der Waals surface area contributed by atoms with E-state index in [1.807, 2.05) is 13.8 Å². The lowest BCUT2D eigenvalue weighted by atomic mass is 9.97. The molecule has 0 aliphatic carbocycles. The molecule has 0 saturated heterocycles. The Morgan fingerprint density at radius 2 is 1.53 bits per heavy atom. The molecule has 0 saturated carbocycles. The van der Waals surface area contributed by atoms with Crippen molar-refractivity contribution in [2.75, 3.05) is 0 Å². The Bertz CT molecular complexity index is 237. The van der Waals surface area contributed by atoms with Crippen LogP contribution in [0.1, 0.15) is 41.5 Å². The average Bonchev–Trinajstić information content (AvgIpc) is 1.99. The SMILES string of the molecule is CC(=O)O[C@@H](OC(=O)C(C)(C)C)C(C)C. The molecule has 1 atom stereocenters. The summed E-state index contributed by atoms with van der Waals surface area (Å²) in [4.78, 5) is 22.3. The molecule has 0 heterocycles. The molecule has 88 valence electrons. The topological polar surface area (TPSA) is 52.6 Å². The van der Waals surface area contributed by atoms with Crippen LogP contribution in [0.4, 0.5) is 0 Å². The Hall–Kier alpha value is -1.06. The van der Waals surface area contributed by atoms with E-state index in [4.69, 9.17) is 9.47 Å². The molecule has 0 spiro atoms. The Labute approximate surface area is 90.9 Å². The Morgan fingerprint density at radius 3 is 1.80 bits per heavy atom. The predicted octanol–water partition coefficient (Wildman–Crippen LogP) is 2.12.